The van der Waals surface area contributed by atoms with Crippen LogP contribution < -0.4 is 16.0 Å². The average molecular weight is 582 g/mol. The van der Waals surface area contributed by atoms with Gasteiger partial charge >= 0.3 is 0 Å². The summed E-state index contributed by atoms with van der Waals surface area (Å²) in [7, 11) is 3.29. The summed E-state index contributed by atoms with van der Waals surface area (Å²) in [5, 5.41) is 12.6. The number of amides is 5. The molecule has 3 rings (SSSR count). The van der Waals surface area contributed by atoms with Crippen molar-refractivity contribution in [2.45, 2.75) is 64.6 Å². The number of likely N-dealkylation sites (N-methyl/N-ethyl adjacent to an activating group) is 1. The topological polar surface area (TPSA) is 146 Å². The largest absolute Gasteiger partial charge is 0.354 e. The maximum atomic E-state index is 13.4. The van der Waals surface area contributed by atoms with Crippen LogP contribution in [0, 0.1) is 5.92 Å². The molecule has 12 nitrogen and oxygen atoms in total. The lowest BCUT2D eigenvalue weighted by Gasteiger charge is -2.32. The first kappa shape index (κ1) is 32.3. The number of carbonyl (C=O) groups excluding carboxylic acids is 5. The number of nitrogens with zero attached hydrogens (tertiary/aromatic N) is 4. The predicted octanol–water partition coefficient (Wildman–Crippen LogP) is 0.416. The molecular formula is C30H43N7O5. The van der Waals surface area contributed by atoms with E-state index in [0.717, 1.165) is 11.3 Å². The Morgan fingerprint density at radius 1 is 1.02 bits per heavy atom. The number of aromatic nitrogens is 2. The highest BCUT2D eigenvalue weighted by molar-refractivity contribution is 5.94. The third-order valence-electron chi connectivity index (χ3n) is 7.48. The van der Waals surface area contributed by atoms with E-state index in [-0.39, 0.29) is 50.2 Å². The maximum absolute atomic E-state index is 13.4. The van der Waals surface area contributed by atoms with E-state index in [4.69, 9.17) is 0 Å². The zero-order chi connectivity index (χ0) is 30.8. The quantitative estimate of drug-likeness (QED) is 0.451. The fraction of sp³-hybridized carbons (Fsp3) is 0.533. The van der Waals surface area contributed by atoms with Gasteiger partial charge in [0.25, 0.3) is 0 Å². The third-order valence-corrected chi connectivity index (χ3v) is 7.48. The number of carbonyl (C=O) groups is 5. The average Bonchev–Trinajstić information content (AvgIpc) is 3.37. The first-order valence-electron chi connectivity index (χ1n) is 14.4. The molecule has 1 fully saturated rings. The van der Waals surface area contributed by atoms with Gasteiger partial charge in [-0.2, -0.15) is 5.10 Å². The van der Waals surface area contributed by atoms with E-state index in [1.54, 1.807) is 38.7 Å². The Bertz CT molecular complexity index is 1250. The fourth-order valence-corrected chi connectivity index (χ4v) is 4.90. The molecule has 2 aromatic rings. The first-order chi connectivity index (χ1) is 20.0. The summed E-state index contributed by atoms with van der Waals surface area (Å²) in [5.41, 5.74) is 1.76. The molecule has 1 aromatic heterocycles. The molecule has 0 aliphatic carbocycles. The van der Waals surface area contributed by atoms with Gasteiger partial charge in [-0.25, -0.2) is 0 Å². The van der Waals surface area contributed by atoms with E-state index < -0.39 is 35.8 Å². The Balaban J connectivity index is 1.84. The fourth-order valence-electron chi connectivity index (χ4n) is 4.90. The van der Waals surface area contributed by atoms with Gasteiger partial charge in [-0.3, -0.25) is 28.7 Å². The van der Waals surface area contributed by atoms with Gasteiger partial charge in [-0.15, -0.1) is 0 Å². The number of rotatable bonds is 6. The minimum atomic E-state index is -0.902. The molecule has 3 atom stereocenters. The molecule has 1 aromatic carbocycles. The summed E-state index contributed by atoms with van der Waals surface area (Å²) in [6.45, 7) is 5.41. The SMILES string of the molecule is CC(C)[C@@H]1NC(=O)[C@@H](C)N(C(=O)CCc2ccnn2C)CCCNC(=O)[C@H](Cc2ccccc2)NC(=O)CN(C)C1=O. The van der Waals surface area contributed by atoms with Gasteiger partial charge in [-0.05, 0) is 37.3 Å². The second-order valence-electron chi connectivity index (χ2n) is 11.1. The molecule has 0 spiro atoms. The Hall–Kier alpha value is -4.22. The van der Waals surface area contributed by atoms with Crippen LogP contribution in [0.4, 0.5) is 0 Å². The molecule has 0 saturated carbocycles. The second kappa shape index (κ2) is 15.1. The lowest BCUT2D eigenvalue weighted by atomic mass is 10.0. The molecule has 1 aliphatic rings. The third kappa shape index (κ3) is 8.89. The molecule has 1 saturated heterocycles. The van der Waals surface area contributed by atoms with E-state index in [9.17, 15) is 24.0 Å². The number of benzene rings is 1. The van der Waals surface area contributed by atoms with Gasteiger partial charge in [0, 0.05) is 51.9 Å². The highest BCUT2D eigenvalue weighted by Gasteiger charge is 2.33. The Morgan fingerprint density at radius 3 is 2.38 bits per heavy atom. The molecule has 42 heavy (non-hydrogen) atoms. The summed E-state index contributed by atoms with van der Waals surface area (Å²) in [4.78, 5) is 69.0. The van der Waals surface area contributed by atoms with Crippen molar-refractivity contribution in [3.63, 3.8) is 0 Å². The highest BCUT2D eigenvalue weighted by Crippen LogP contribution is 2.12. The van der Waals surface area contributed by atoms with Crippen LogP contribution in [0.2, 0.25) is 0 Å². The minimum Gasteiger partial charge on any atom is -0.354 e. The number of aryl methyl sites for hydroxylation is 2. The Morgan fingerprint density at radius 2 is 1.74 bits per heavy atom. The van der Waals surface area contributed by atoms with Crippen LogP contribution in [0.5, 0.6) is 0 Å². The van der Waals surface area contributed by atoms with Gasteiger partial charge in [0.05, 0.1) is 6.54 Å². The molecule has 1 aliphatic heterocycles. The van der Waals surface area contributed by atoms with Crippen molar-refractivity contribution in [3.8, 4) is 0 Å². The van der Waals surface area contributed by atoms with Crippen LogP contribution in [0.15, 0.2) is 42.6 Å². The number of hydrogen-bond donors (Lipinski definition) is 3. The predicted molar refractivity (Wildman–Crippen MR) is 157 cm³/mol. The molecule has 12 heteroatoms. The van der Waals surface area contributed by atoms with Crippen molar-refractivity contribution in [2.24, 2.45) is 13.0 Å². The van der Waals surface area contributed by atoms with Gasteiger partial charge in [0.1, 0.15) is 18.1 Å². The normalized spacial score (nSPS) is 21.6. The summed E-state index contributed by atoms with van der Waals surface area (Å²) in [5.74, 6) is -2.25. The molecular weight excluding hydrogens is 538 g/mol. The smallest absolute Gasteiger partial charge is 0.245 e. The first-order valence-corrected chi connectivity index (χ1v) is 14.4. The monoisotopic (exact) mass is 581 g/mol. The minimum absolute atomic E-state index is 0.171. The number of hydrogen-bond acceptors (Lipinski definition) is 6. The van der Waals surface area contributed by atoms with Crippen LogP contribution in [0.3, 0.4) is 0 Å². The van der Waals surface area contributed by atoms with E-state index in [1.807, 2.05) is 36.4 Å². The van der Waals surface area contributed by atoms with E-state index in [0.29, 0.717) is 12.8 Å². The molecule has 5 amide bonds. The molecule has 0 bridgehead atoms. The van der Waals surface area contributed by atoms with Crippen molar-refractivity contribution < 1.29 is 24.0 Å². The van der Waals surface area contributed by atoms with Crippen LogP contribution in [0.1, 0.15) is 44.9 Å². The van der Waals surface area contributed by atoms with Gasteiger partial charge in [0.15, 0.2) is 0 Å². The lowest BCUT2D eigenvalue weighted by molar-refractivity contribution is -0.143. The Kier molecular flexibility index (Phi) is 11.6. The standard InChI is InChI=1S/C30H43N7O5/c1-20(2)27-30(42)35(4)19-25(38)33-24(18-22-10-7-6-8-11-22)29(41)31-15-9-17-37(21(3)28(40)34-27)26(39)13-12-23-14-16-32-36(23)5/h6-8,10-11,14,16,20-21,24,27H,9,12-13,15,17-19H2,1-5H3,(H,31,41)(H,33,38)(H,34,40)/t21-,24+,27+/m1/s1. The van der Waals surface area contributed by atoms with E-state index >= 15 is 0 Å². The molecule has 0 radical (unpaired) electrons. The lowest BCUT2D eigenvalue weighted by Crippen LogP contribution is -2.57. The van der Waals surface area contributed by atoms with Crippen molar-refractivity contribution >= 4 is 29.5 Å². The van der Waals surface area contributed by atoms with Crippen LogP contribution in [-0.2, 0) is 43.9 Å². The summed E-state index contributed by atoms with van der Waals surface area (Å²) < 4.78 is 1.70. The number of nitrogens with one attached hydrogen (secondary N) is 3. The van der Waals surface area contributed by atoms with Crippen molar-refractivity contribution in [2.75, 3.05) is 26.7 Å². The maximum Gasteiger partial charge on any atom is 0.245 e. The highest BCUT2D eigenvalue weighted by atomic mass is 16.2. The van der Waals surface area contributed by atoms with Gasteiger partial charge < -0.3 is 25.8 Å². The van der Waals surface area contributed by atoms with E-state index in [2.05, 4.69) is 21.0 Å². The molecule has 2 heterocycles. The molecule has 3 N–H and O–H groups in total. The van der Waals surface area contributed by atoms with Crippen LogP contribution in [-0.4, -0.2) is 93.9 Å². The van der Waals surface area contributed by atoms with Crippen molar-refractivity contribution in [3.05, 3.63) is 53.9 Å². The van der Waals surface area contributed by atoms with Crippen LogP contribution >= 0.6 is 0 Å². The van der Waals surface area contributed by atoms with Crippen LogP contribution in [0.25, 0.3) is 0 Å². The Labute approximate surface area is 247 Å². The summed E-state index contributed by atoms with van der Waals surface area (Å²) >= 11 is 0. The summed E-state index contributed by atoms with van der Waals surface area (Å²) in [6.07, 6.45) is 2.96. The molecule has 228 valence electrons. The van der Waals surface area contributed by atoms with E-state index in [1.165, 1.54) is 16.8 Å². The van der Waals surface area contributed by atoms with Crippen molar-refractivity contribution in [1.82, 2.24) is 35.5 Å². The zero-order valence-electron chi connectivity index (χ0n) is 25.1. The van der Waals surface area contributed by atoms with Gasteiger partial charge in [-0.1, -0.05) is 44.2 Å². The second-order valence-corrected chi connectivity index (χ2v) is 11.1. The van der Waals surface area contributed by atoms with Crippen molar-refractivity contribution in [1.29, 1.82) is 0 Å². The zero-order valence-corrected chi connectivity index (χ0v) is 25.1. The summed E-state index contributed by atoms with van der Waals surface area (Å²) in [6, 6.07) is 8.57. The molecule has 0 unspecified atom stereocenters. The van der Waals surface area contributed by atoms with Gasteiger partial charge in [0.2, 0.25) is 29.5 Å².